The van der Waals surface area contributed by atoms with E-state index in [1.54, 1.807) is 4.68 Å². The van der Waals surface area contributed by atoms with Crippen LogP contribution in [-0.2, 0) is 19.5 Å². The summed E-state index contributed by atoms with van der Waals surface area (Å²) in [7, 11) is 0. The molecule has 0 unspecified atom stereocenters. The van der Waals surface area contributed by atoms with Crippen LogP contribution in [0.2, 0.25) is 0 Å². The Morgan fingerprint density at radius 1 is 1.27 bits per heavy atom. The zero-order chi connectivity index (χ0) is 16.1. The second kappa shape index (κ2) is 7.47. The molecule has 1 heterocycles. The molecular weight excluding hydrogens is 288 g/mol. The maximum atomic E-state index is 13.5. The molecule has 1 aromatic carbocycles. The topological polar surface area (TPSA) is 50.1 Å². The molecule has 0 spiro atoms. The van der Waals surface area contributed by atoms with Gasteiger partial charge in [0.2, 0.25) is 0 Å². The van der Waals surface area contributed by atoms with E-state index < -0.39 is 11.6 Å². The van der Waals surface area contributed by atoms with Crippen molar-refractivity contribution in [3.8, 4) is 0 Å². The van der Waals surface area contributed by atoms with Crippen molar-refractivity contribution in [3.63, 3.8) is 0 Å². The lowest BCUT2D eigenvalue weighted by Gasteiger charge is -2.07. The molecule has 2 rings (SSSR count). The molecule has 0 aliphatic heterocycles. The van der Waals surface area contributed by atoms with Gasteiger partial charge in [0.05, 0.1) is 18.8 Å². The Bertz CT molecular complexity index is 641. The summed E-state index contributed by atoms with van der Waals surface area (Å²) in [5.41, 5.74) is 3.53. The quantitative estimate of drug-likeness (QED) is 0.770. The number of rotatable bonds is 7. The van der Waals surface area contributed by atoms with Crippen LogP contribution < -0.4 is 5.32 Å². The van der Waals surface area contributed by atoms with Crippen LogP contribution in [0.3, 0.4) is 0 Å². The Morgan fingerprint density at radius 2 is 2.05 bits per heavy atom. The molecule has 120 valence electrons. The van der Waals surface area contributed by atoms with Crippen molar-refractivity contribution < 1.29 is 13.9 Å². The van der Waals surface area contributed by atoms with Gasteiger partial charge in [-0.05, 0) is 38.4 Å². The van der Waals surface area contributed by atoms with Crippen molar-refractivity contribution in [1.82, 2.24) is 15.1 Å². The van der Waals surface area contributed by atoms with E-state index in [0.717, 1.165) is 23.0 Å². The van der Waals surface area contributed by atoms with Gasteiger partial charge in [-0.15, -0.1) is 0 Å². The molecule has 2 N–H and O–H groups in total. The van der Waals surface area contributed by atoms with Crippen LogP contribution in [0.25, 0.3) is 0 Å². The zero-order valence-corrected chi connectivity index (χ0v) is 12.9. The number of aromatic nitrogens is 2. The molecule has 4 nitrogen and oxygen atoms in total. The summed E-state index contributed by atoms with van der Waals surface area (Å²) < 4.78 is 28.1. The fourth-order valence-electron chi connectivity index (χ4n) is 2.46. The normalized spacial score (nSPS) is 11.1. The van der Waals surface area contributed by atoms with Crippen LogP contribution in [0, 0.1) is 25.5 Å². The standard InChI is InChI=1S/C16H21F2N3O/c1-11-15(12(2)21(20-11)7-8-22)10-19-6-5-13-3-4-14(17)9-16(13)18/h3-4,9,19,22H,5-8,10H2,1-2H3. The fourth-order valence-corrected chi connectivity index (χ4v) is 2.46. The average molecular weight is 309 g/mol. The summed E-state index contributed by atoms with van der Waals surface area (Å²) >= 11 is 0. The van der Waals surface area contributed by atoms with Gasteiger partial charge in [0.1, 0.15) is 11.6 Å². The van der Waals surface area contributed by atoms with Gasteiger partial charge in [-0.1, -0.05) is 6.07 Å². The maximum Gasteiger partial charge on any atom is 0.129 e. The molecular formula is C16H21F2N3O. The summed E-state index contributed by atoms with van der Waals surface area (Å²) in [5.74, 6) is -1.07. The SMILES string of the molecule is Cc1nn(CCO)c(C)c1CNCCc1ccc(F)cc1F. The number of aliphatic hydroxyl groups is 1. The zero-order valence-electron chi connectivity index (χ0n) is 12.9. The number of aliphatic hydroxyl groups excluding tert-OH is 1. The lowest BCUT2D eigenvalue weighted by atomic mass is 10.1. The van der Waals surface area contributed by atoms with E-state index in [9.17, 15) is 8.78 Å². The number of hydrogen-bond acceptors (Lipinski definition) is 3. The molecule has 0 aliphatic rings. The molecule has 0 atom stereocenters. The van der Waals surface area contributed by atoms with Gasteiger partial charge in [0, 0.05) is 23.9 Å². The molecule has 1 aromatic heterocycles. The highest BCUT2D eigenvalue weighted by Crippen LogP contribution is 2.13. The van der Waals surface area contributed by atoms with Crippen molar-refractivity contribution in [2.24, 2.45) is 0 Å². The first-order valence-electron chi connectivity index (χ1n) is 7.31. The van der Waals surface area contributed by atoms with Crippen LogP contribution >= 0.6 is 0 Å². The van der Waals surface area contributed by atoms with Gasteiger partial charge in [-0.3, -0.25) is 4.68 Å². The minimum atomic E-state index is -0.559. The minimum Gasteiger partial charge on any atom is -0.394 e. The molecule has 0 amide bonds. The number of nitrogens with zero attached hydrogens (tertiary/aromatic N) is 2. The largest absolute Gasteiger partial charge is 0.394 e. The lowest BCUT2D eigenvalue weighted by Crippen LogP contribution is -2.18. The minimum absolute atomic E-state index is 0.0542. The van der Waals surface area contributed by atoms with Crippen LogP contribution in [0.1, 0.15) is 22.5 Å². The van der Waals surface area contributed by atoms with E-state index in [1.807, 2.05) is 13.8 Å². The van der Waals surface area contributed by atoms with E-state index in [1.165, 1.54) is 12.1 Å². The third-order valence-corrected chi connectivity index (χ3v) is 3.73. The van der Waals surface area contributed by atoms with Crippen LogP contribution in [0.5, 0.6) is 0 Å². The summed E-state index contributed by atoms with van der Waals surface area (Å²) in [5, 5.41) is 16.6. The van der Waals surface area contributed by atoms with Gasteiger partial charge in [-0.2, -0.15) is 5.10 Å². The second-order valence-corrected chi connectivity index (χ2v) is 5.26. The van der Waals surface area contributed by atoms with Crippen molar-refractivity contribution >= 4 is 0 Å². The molecule has 0 aliphatic carbocycles. The Labute approximate surface area is 128 Å². The number of hydrogen-bond donors (Lipinski definition) is 2. The predicted molar refractivity (Wildman–Crippen MR) is 80.6 cm³/mol. The molecule has 6 heteroatoms. The summed E-state index contributed by atoms with van der Waals surface area (Å²) in [6.45, 7) is 5.65. The van der Waals surface area contributed by atoms with Gasteiger partial charge in [0.15, 0.2) is 0 Å². The predicted octanol–water partition coefficient (Wildman–Crippen LogP) is 2.10. The van der Waals surface area contributed by atoms with E-state index in [2.05, 4.69) is 10.4 Å². The van der Waals surface area contributed by atoms with Crippen molar-refractivity contribution in [3.05, 3.63) is 52.3 Å². The van der Waals surface area contributed by atoms with Crippen molar-refractivity contribution in [2.75, 3.05) is 13.2 Å². The Kier molecular flexibility index (Phi) is 5.63. The van der Waals surface area contributed by atoms with Gasteiger partial charge in [0.25, 0.3) is 0 Å². The Balaban J connectivity index is 1.89. The molecule has 0 bridgehead atoms. The van der Waals surface area contributed by atoms with Gasteiger partial charge < -0.3 is 10.4 Å². The molecule has 0 fully saturated rings. The van der Waals surface area contributed by atoms with Crippen molar-refractivity contribution in [1.29, 1.82) is 0 Å². The Morgan fingerprint density at radius 3 is 2.73 bits per heavy atom. The van der Waals surface area contributed by atoms with E-state index >= 15 is 0 Å². The summed E-state index contributed by atoms with van der Waals surface area (Å²) in [4.78, 5) is 0. The molecule has 0 saturated heterocycles. The smallest absolute Gasteiger partial charge is 0.129 e. The average Bonchev–Trinajstić information content (AvgIpc) is 2.73. The highest BCUT2D eigenvalue weighted by molar-refractivity contribution is 5.24. The fraction of sp³-hybridized carbons (Fsp3) is 0.438. The highest BCUT2D eigenvalue weighted by atomic mass is 19.1. The van der Waals surface area contributed by atoms with Crippen LogP contribution in [0.4, 0.5) is 8.78 Å². The summed E-state index contributed by atoms with van der Waals surface area (Å²) in [6, 6.07) is 3.65. The third-order valence-electron chi connectivity index (χ3n) is 3.73. The lowest BCUT2D eigenvalue weighted by molar-refractivity contribution is 0.267. The van der Waals surface area contributed by atoms with E-state index in [4.69, 9.17) is 5.11 Å². The maximum absolute atomic E-state index is 13.5. The molecule has 22 heavy (non-hydrogen) atoms. The molecule has 2 aromatic rings. The third kappa shape index (κ3) is 3.90. The van der Waals surface area contributed by atoms with E-state index in [0.29, 0.717) is 31.6 Å². The van der Waals surface area contributed by atoms with Crippen molar-refractivity contribution in [2.45, 2.75) is 33.4 Å². The number of halogens is 2. The highest BCUT2D eigenvalue weighted by Gasteiger charge is 2.10. The molecule has 0 saturated carbocycles. The van der Waals surface area contributed by atoms with Crippen LogP contribution in [-0.4, -0.2) is 28.0 Å². The Hall–Kier alpha value is -1.79. The second-order valence-electron chi connectivity index (χ2n) is 5.26. The van der Waals surface area contributed by atoms with E-state index in [-0.39, 0.29) is 6.61 Å². The number of nitrogens with one attached hydrogen (secondary N) is 1. The van der Waals surface area contributed by atoms with Gasteiger partial charge >= 0.3 is 0 Å². The first-order chi connectivity index (χ1) is 10.5. The van der Waals surface area contributed by atoms with Crippen LogP contribution in [0.15, 0.2) is 18.2 Å². The first-order valence-corrected chi connectivity index (χ1v) is 7.31. The summed E-state index contributed by atoms with van der Waals surface area (Å²) in [6.07, 6.45) is 0.495. The monoisotopic (exact) mass is 309 g/mol. The number of aryl methyl sites for hydroxylation is 1. The van der Waals surface area contributed by atoms with Gasteiger partial charge in [-0.25, -0.2) is 8.78 Å². The molecule has 0 radical (unpaired) electrons. The number of benzene rings is 1. The first kappa shape index (κ1) is 16.6.